The summed E-state index contributed by atoms with van der Waals surface area (Å²) in [6, 6.07) is 0.444. The van der Waals surface area contributed by atoms with Gasteiger partial charge in [-0.05, 0) is 37.5 Å². The molecule has 2 rings (SSSR count). The van der Waals surface area contributed by atoms with Crippen LogP contribution in [0.15, 0.2) is 0 Å². The molecule has 0 heterocycles. The fraction of sp³-hybridized carbons (Fsp3) is 0.929. The molecule has 3 N–H and O–H groups in total. The molecule has 3 nitrogen and oxygen atoms in total. The molecule has 98 valence electrons. The molecule has 2 fully saturated rings. The Balaban J connectivity index is 1.93. The van der Waals surface area contributed by atoms with Gasteiger partial charge in [0.1, 0.15) is 0 Å². The zero-order valence-corrected chi connectivity index (χ0v) is 10.8. The molecule has 0 atom stereocenters. The predicted molar refractivity (Wildman–Crippen MR) is 69.5 cm³/mol. The van der Waals surface area contributed by atoms with E-state index in [2.05, 4.69) is 5.32 Å². The Morgan fingerprint density at radius 3 is 1.94 bits per heavy atom. The highest BCUT2D eigenvalue weighted by Crippen LogP contribution is 2.37. The molecule has 3 heteroatoms. The van der Waals surface area contributed by atoms with Gasteiger partial charge in [0, 0.05) is 19.0 Å². The highest BCUT2D eigenvalue weighted by molar-refractivity contribution is 5.76. The Kier molecular flexibility index (Phi) is 4.84. The zero-order valence-electron chi connectivity index (χ0n) is 10.8. The number of hydrogen-bond acceptors (Lipinski definition) is 2. The number of rotatable bonds is 5. The molecule has 2 saturated carbocycles. The minimum absolute atomic E-state index is 0.163. The van der Waals surface area contributed by atoms with E-state index in [1.54, 1.807) is 0 Å². The largest absolute Gasteiger partial charge is 0.353 e. The van der Waals surface area contributed by atoms with Gasteiger partial charge in [0.25, 0.3) is 0 Å². The van der Waals surface area contributed by atoms with E-state index in [1.165, 1.54) is 51.4 Å². The zero-order chi connectivity index (χ0) is 12.1. The molecule has 0 bridgehead atoms. The predicted octanol–water partition coefficient (Wildman–Crippen LogP) is 2.20. The SMILES string of the molecule is NCCC(=O)NC(C1CCCC1)C1CCCC1. The molecule has 1 amide bonds. The third kappa shape index (κ3) is 3.44. The quantitative estimate of drug-likeness (QED) is 0.771. The fourth-order valence-corrected chi connectivity index (χ4v) is 3.64. The molecule has 0 radical (unpaired) electrons. The van der Waals surface area contributed by atoms with Crippen molar-refractivity contribution in [2.45, 2.75) is 63.8 Å². The summed E-state index contributed by atoms with van der Waals surface area (Å²) in [5.41, 5.74) is 5.45. The molecule has 2 aliphatic carbocycles. The van der Waals surface area contributed by atoms with Gasteiger partial charge in [0.05, 0.1) is 0 Å². The number of hydrogen-bond donors (Lipinski definition) is 2. The van der Waals surface area contributed by atoms with Crippen molar-refractivity contribution in [1.29, 1.82) is 0 Å². The van der Waals surface area contributed by atoms with Gasteiger partial charge in [-0.25, -0.2) is 0 Å². The molecular formula is C14H26N2O. The maximum Gasteiger partial charge on any atom is 0.221 e. The molecule has 0 saturated heterocycles. The van der Waals surface area contributed by atoms with E-state index in [1.807, 2.05) is 0 Å². The topological polar surface area (TPSA) is 55.1 Å². The Labute approximate surface area is 105 Å². The Bertz CT molecular complexity index is 227. The first-order chi connectivity index (χ1) is 8.31. The number of carbonyl (C=O) groups excluding carboxylic acids is 1. The summed E-state index contributed by atoms with van der Waals surface area (Å²) in [7, 11) is 0. The normalized spacial score (nSPS) is 22.5. The summed E-state index contributed by atoms with van der Waals surface area (Å²) in [6.45, 7) is 0.466. The van der Waals surface area contributed by atoms with Gasteiger partial charge in [-0.3, -0.25) is 4.79 Å². The summed E-state index contributed by atoms with van der Waals surface area (Å²) >= 11 is 0. The molecule has 0 spiro atoms. The van der Waals surface area contributed by atoms with E-state index < -0.39 is 0 Å². The average Bonchev–Trinajstić information content (AvgIpc) is 3.00. The van der Waals surface area contributed by atoms with Crippen molar-refractivity contribution in [3.8, 4) is 0 Å². The van der Waals surface area contributed by atoms with Gasteiger partial charge in [-0.2, -0.15) is 0 Å². The lowest BCUT2D eigenvalue weighted by Gasteiger charge is -2.30. The molecule has 0 unspecified atom stereocenters. The standard InChI is InChI=1S/C14H26N2O/c15-10-9-13(17)16-14(11-5-1-2-6-11)12-7-3-4-8-12/h11-12,14H,1-10,15H2,(H,16,17). The van der Waals surface area contributed by atoms with Crippen LogP contribution in [0.4, 0.5) is 0 Å². The van der Waals surface area contributed by atoms with Crippen molar-refractivity contribution in [3.63, 3.8) is 0 Å². The molecule has 0 aromatic heterocycles. The van der Waals surface area contributed by atoms with Crippen molar-refractivity contribution in [3.05, 3.63) is 0 Å². The van der Waals surface area contributed by atoms with Crippen LogP contribution in [0.3, 0.4) is 0 Å². The number of nitrogens with one attached hydrogen (secondary N) is 1. The molecule has 0 aliphatic heterocycles. The summed E-state index contributed by atoms with van der Waals surface area (Å²) in [6.07, 6.45) is 11.1. The first-order valence-electron chi connectivity index (χ1n) is 7.30. The van der Waals surface area contributed by atoms with Gasteiger partial charge in [0.15, 0.2) is 0 Å². The third-order valence-electron chi connectivity index (χ3n) is 4.51. The van der Waals surface area contributed by atoms with Crippen LogP contribution < -0.4 is 11.1 Å². The number of nitrogens with two attached hydrogens (primary N) is 1. The summed E-state index contributed by atoms with van der Waals surface area (Å²) in [5, 5.41) is 3.28. The lowest BCUT2D eigenvalue weighted by atomic mass is 9.86. The van der Waals surface area contributed by atoms with E-state index in [9.17, 15) is 4.79 Å². The first-order valence-corrected chi connectivity index (χ1v) is 7.30. The molecule has 0 aromatic rings. The van der Waals surface area contributed by atoms with Crippen molar-refractivity contribution in [1.82, 2.24) is 5.32 Å². The monoisotopic (exact) mass is 238 g/mol. The number of carbonyl (C=O) groups is 1. The smallest absolute Gasteiger partial charge is 0.221 e. The lowest BCUT2D eigenvalue weighted by molar-refractivity contribution is -0.122. The van der Waals surface area contributed by atoms with E-state index in [0.717, 1.165) is 11.8 Å². The Morgan fingerprint density at radius 1 is 1.06 bits per heavy atom. The first kappa shape index (κ1) is 12.9. The van der Waals surface area contributed by atoms with Gasteiger partial charge >= 0.3 is 0 Å². The van der Waals surface area contributed by atoms with Crippen LogP contribution in [0.5, 0.6) is 0 Å². The van der Waals surface area contributed by atoms with Crippen molar-refractivity contribution >= 4 is 5.91 Å². The number of amides is 1. The van der Waals surface area contributed by atoms with Crippen LogP contribution in [-0.2, 0) is 4.79 Å². The molecular weight excluding hydrogens is 212 g/mol. The van der Waals surface area contributed by atoms with E-state index in [-0.39, 0.29) is 5.91 Å². The molecule has 2 aliphatic rings. The van der Waals surface area contributed by atoms with E-state index >= 15 is 0 Å². The highest BCUT2D eigenvalue weighted by Gasteiger charge is 2.33. The second-order valence-electron chi connectivity index (χ2n) is 5.72. The van der Waals surface area contributed by atoms with E-state index in [4.69, 9.17) is 5.73 Å². The van der Waals surface area contributed by atoms with Crippen LogP contribution in [0.2, 0.25) is 0 Å². The maximum atomic E-state index is 11.8. The lowest BCUT2D eigenvalue weighted by Crippen LogP contribution is -2.44. The van der Waals surface area contributed by atoms with Crippen LogP contribution in [0, 0.1) is 11.8 Å². The minimum Gasteiger partial charge on any atom is -0.353 e. The summed E-state index contributed by atoms with van der Waals surface area (Å²) < 4.78 is 0. The fourth-order valence-electron chi connectivity index (χ4n) is 3.64. The van der Waals surface area contributed by atoms with Gasteiger partial charge < -0.3 is 11.1 Å². The summed E-state index contributed by atoms with van der Waals surface area (Å²) in [4.78, 5) is 11.8. The van der Waals surface area contributed by atoms with Gasteiger partial charge in [-0.1, -0.05) is 25.7 Å². The van der Waals surface area contributed by atoms with Crippen molar-refractivity contribution in [2.75, 3.05) is 6.54 Å². The van der Waals surface area contributed by atoms with Gasteiger partial charge in [0.2, 0.25) is 5.91 Å². The van der Waals surface area contributed by atoms with Crippen LogP contribution >= 0.6 is 0 Å². The maximum absolute atomic E-state index is 11.8. The van der Waals surface area contributed by atoms with Crippen molar-refractivity contribution in [2.24, 2.45) is 17.6 Å². The van der Waals surface area contributed by atoms with Crippen molar-refractivity contribution < 1.29 is 4.79 Å². The van der Waals surface area contributed by atoms with Crippen LogP contribution in [0.1, 0.15) is 57.8 Å². The second-order valence-corrected chi connectivity index (χ2v) is 5.72. The third-order valence-corrected chi connectivity index (χ3v) is 4.51. The Hall–Kier alpha value is -0.570. The minimum atomic E-state index is 0.163. The average molecular weight is 238 g/mol. The summed E-state index contributed by atoms with van der Waals surface area (Å²) in [5.74, 6) is 1.64. The molecule has 17 heavy (non-hydrogen) atoms. The van der Waals surface area contributed by atoms with Crippen LogP contribution in [-0.4, -0.2) is 18.5 Å². The molecule has 0 aromatic carbocycles. The van der Waals surface area contributed by atoms with E-state index in [0.29, 0.717) is 19.0 Å². The highest BCUT2D eigenvalue weighted by atomic mass is 16.1. The van der Waals surface area contributed by atoms with Gasteiger partial charge in [-0.15, -0.1) is 0 Å². The second kappa shape index (κ2) is 6.39. The Morgan fingerprint density at radius 2 is 1.53 bits per heavy atom. The van der Waals surface area contributed by atoms with Crippen LogP contribution in [0.25, 0.3) is 0 Å².